The van der Waals surface area contributed by atoms with Crippen LogP contribution in [0, 0.1) is 0 Å². The molecule has 0 spiro atoms. The zero-order valence-electron chi connectivity index (χ0n) is 58.4. The average molecular weight is 1280 g/mol. The third-order valence-electron chi connectivity index (χ3n) is 16.5. The normalized spacial score (nSPS) is 18.8. The van der Waals surface area contributed by atoms with E-state index in [0.29, 0.717) is 12.8 Å². The molecule has 0 saturated carbocycles. The predicted molar refractivity (Wildman–Crippen MR) is 388 cm³/mol. The zero-order valence-corrected chi connectivity index (χ0v) is 58.4. The number of hydrogen-bond donors (Lipinski definition) is 6. The smallest absolute Gasteiger partial charge is 0.306 e. The highest BCUT2D eigenvalue weighted by atomic mass is 16.7. The molecule has 8 unspecified atom stereocenters. The largest absolute Gasteiger partial charge is 0.454 e. The van der Waals surface area contributed by atoms with Crippen molar-refractivity contribution in [3.05, 3.63) is 146 Å². The maximum absolute atomic E-state index is 13.5. The Hall–Kier alpha value is -4.46. The number of esters is 1. The molecule has 524 valence electrons. The second kappa shape index (κ2) is 66.6. The van der Waals surface area contributed by atoms with Gasteiger partial charge in [0.25, 0.3) is 0 Å². The summed E-state index contributed by atoms with van der Waals surface area (Å²) in [6, 6.07) is -1.04. The zero-order chi connectivity index (χ0) is 66.7. The molecule has 1 rings (SSSR count). The van der Waals surface area contributed by atoms with Crippen molar-refractivity contribution in [1.82, 2.24) is 5.32 Å². The van der Waals surface area contributed by atoms with Crippen molar-refractivity contribution >= 4 is 11.9 Å². The number of carbonyl (C=O) groups excluding carboxylic acids is 2. The Bertz CT molecular complexity index is 2060. The van der Waals surface area contributed by atoms with Crippen LogP contribution in [0.1, 0.15) is 290 Å². The number of nitrogens with one attached hydrogen (secondary N) is 1. The van der Waals surface area contributed by atoms with Gasteiger partial charge >= 0.3 is 5.97 Å². The number of amides is 1. The summed E-state index contributed by atoms with van der Waals surface area (Å²) in [7, 11) is 0. The van der Waals surface area contributed by atoms with Gasteiger partial charge in [0, 0.05) is 6.42 Å². The van der Waals surface area contributed by atoms with Crippen molar-refractivity contribution in [1.29, 1.82) is 0 Å². The summed E-state index contributed by atoms with van der Waals surface area (Å²) in [4.78, 5) is 26.7. The molecular weight excluding hydrogens is 1150 g/mol. The monoisotopic (exact) mass is 1280 g/mol. The van der Waals surface area contributed by atoms with Crippen molar-refractivity contribution in [2.75, 3.05) is 13.2 Å². The molecule has 0 bridgehead atoms. The fourth-order valence-electron chi connectivity index (χ4n) is 10.7. The minimum atomic E-state index is -1.63. The lowest BCUT2D eigenvalue weighted by Gasteiger charge is -2.41. The van der Waals surface area contributed by atoms with Gasteiger partial charge in [0.05, 0.1) is 25.4 Å². The van der Waals surface area contributed by atoms with Gasteiger partial charge < -0.3 is 45.1 Å². The molecule has 11 nitrogen and oxygen atoms in total. The summed E-state index contributed by atoms with van der Waals surface area (Å²) < 4.78 is 17.7. The number of carbonyl (C=O) groups is 2. The number of aliphatic hydroxyl groups is 5. The number of unbranched alkanes of at least 4 members (excludes halogenated alkanes) is 26. The van der Waals surface area contributed by atoms with Gasteiger partial charge in [-0.05, 0) is 122 Å². The molecule has 8 atom stereocenters. The second-order valence-electron chi connectivity index (χ2n) is 24.9. The van der Waals surface area contributed by atoms with E-state index in [4.69, 9.17) is 14.2 Å². The van der Waals surface area contributed by atoms with E-state index in [0.717, 1.165) is 161 Å². The van der Waals surface area contributed by atoms with Gasteiger partial charge in [0.15, 0.2) is 12.4 Å². The lowest BCUT2D eigenvalue weighted by Crippen LogP contribution is -2.61. The van der Waals surface area contributed by atoms with E-state index >= 15 is 0 Å². The Labute approximate surface area is 562 Å². The summed E-state index contributed by atoms with van der Waals surface area (Å²) in [5.74, 6) is -1.22. The van der Waals surface area contributed by atoms with E-state index in [9.17, 15) is 35.1 Å². The Kier molecular flexibility index (Phi) is 61.9. The number of allylic oxidation sites excluding steroid dienone is 23. The van der Waals surface area contributed by atoms with Gasteiger partial charge in [-0.1, -0.05) is 308 Å². The van der Waals surface area contributed by atoms with Crippen LogP contribution >= 0.6 is 0 Å². The molecule has 0 aromatic carbocycles. The van der Waals surface area contributed by atoms with Crippen molar-refractivity contribution in [2.45, 2.75) is 339 Å². The van der Waals surface area contributed by atoms with Crippen LogP contribution in [-0.2, 0) is 23.8 Å². The first-order valence-corrected chi connectivity index (χ1v) is 37.1. The Morgan fingerprint density at radius 1 is 0.435 bits per heavy atom. The summed E-state index contributed by atoms with van der Waals surface area (Å²) in [6.45, 7) is 5.57. The van der Waals surface area contributed by atoms with Crippen molar-refractivity contribution in [3.63, 3.8) is 0 Å². The van der Waals surface area contributed by atoms with Crippen LogP contribution in [-0.4, -0.2) is 99.6 Å². The fourth-order valence-corrected chi connectivity index (χ4v) is 10.7. The molecule has 1 fully saturated rings. The number of ether oxygens (including phenoxy) is 3. The van der Waals surface area contributed by atoms with Gasteiger partial charge in [-0.3, -0.25) is 9.59 Å². The van der Waals surface area contributed by atoms with E-state index < -0.39 is 67.4 Å². The van der Waals surface area contributed by atoms with Crippen LogP contribution in [0.15, 0.2) is 146 Å². The third kappa shape index (κ3) is 52.9. The SMILES string of the molecule is CC/C=C\C/C=C\C/C=C\C/C=C\C/C=C\C/C=C\CCCCCCCC(O)C(=O)NC(COC1OC(CO)C(O)C(O)C1OC(=O)CCCCCCCCCCCCC/C=C\C/C=C\C/C=C\C/C=C\C/C=C\CC)C(O)/C=C/CCCCCCCCCCCC. The Morgan fingerprint density at radius 2 is 0.783 bits per heavy atom. The first kappa shape index (κ1) is 85.6. The van der Waals surface area contributed by atoms with Crippen LogP contribution in [0.4, 0.5) is 0 Å². The quantitative estimate of drug-likeness (QED) is 0.0195. The van der Waals surface area contributed by atoms with Crippen molar-refractivity contribution in [2.24, 2.45) is 0 Å². The van der Waals surface area contributed by atoms with Gasteiger partial charge in [-0.2, -0.15) is 0 Å². The van der Waals surface area contributed by atoms with Gasteiger partial charge in [-0.25, -0.2) is 0 Å². The van der Waals surface area contributed by atoms with E-state index in [2.05, 4.69) is 160 Å². The standard InChI is InChI=1S/C81H135NO10/c1-4-7-10-13-16-19-22-25-27-29-31-33-35-37-38-39-41-43-45-47-49-51-54-57-60-63-66-69-76(86)92-79-78(88)77(87)75(70-83)91-81(79)90-71-72(73(84)67-64-61-58-55-52-24-21-18-15-12-9-6-3)82-80(89)74(85)68-65-62-59-56-53-50-48-46-44-42-40-36-34-32-30-28-26-23-20-17-14-11-8-5-2/h7-8,10-11,16-17,19-20,25-28,31-34,37-38,40,42,46,48,64,67,72-75,77-79,81,83-85,87-88H,4-6,9,12-15,18,21-24,29-30,35-36,39,41,43-45,47,49-63,65-66,68-71H2,1-3H3,(H,82,89)/b10-7-,11-8-,19-16-,20-17-,27-25-,28-26-,33-31-,34-32-,38-37-,42-40-,48-46-,67-64+. The molecular formula is C81H135NO10. The van der Waals surface area contributed by atoms with Crippen LogP contribution in [0.25, 0.3) is 0 Å². The van der Waals surface area contributed by atoms with Gasteiger partial charge in [0.1, 0.15) is 24.4 Å². The lowest BCUT2D eigenvalue weighted by atomic mass is 9.99. The van der Waals surface area contributed by atoms with Crippen LogP contribution in [0.3, 0.4) is 0 Å². The molecule has 1 aliphatic rings. The number of aliphatic hydroxyl groups excluding tert-OH is 5. The van der Waals surface area contributed by atoms with Crippen molar-refractivity contribution in [3.8, 4) is 0 Å². The van der Waals surface area contributed by atoms with Crippen molar-refractivity contribution < 1.29 is 49.3 Å². The molecule has 0 aromatic rings. The topological polar surface area (TPSA) is 175 Å². The molecule has 0 aliphatic carbocycles. The highest BCUT2D eigenvalue weighted by Gasteiger charge is 2.47. The highest BCUT2D eigenvalue weighted by Crippen LogP contribution is 2.26. The summed E-state index contributed by atoms with van der Waals surface area (Å²) in [6.07, 6.45) is 85.9. The molecule has 11 heteroatoms. The summed E-state index contributed by atoms with van der Waals surface area (Å²) in [5.41, 5.74) is 0. The molecule has 0 aromatic heterocycles. The van der Waals surface area contributed by atoms with E-state index in [-0.39, 0.29) is 19.4 Å². The lowest BCUT2D eigenvalue weighted by molar-refractivity contribution is -0.305. The molecule has 1 saturated heterocycles. The Balaban J connectivity index is 2.57. The highest BCUT2D eigenvalue weighted by molar-refractivity contribution is 5.80. The van der Waals surface area contributed by atoms with Crippen LogP contribution in [0.5, 0.6) is 0 Å². The van der Waals surface area contributed by atoms with E-state index in [1.54, 1.807) is 6.08 Å². The molecule has 6 N–H and O–H groups in total. The molecule has 0 radical (unpaired) electrons. The third-order valence-corrected chi connectivity index (χ3v) is 16.5. The average Bonchev–Trinajstić information content (AvgIpc) is 0.928. The number of rotatable bonds is 62. The molecule has 1 amide bonds. The van der Waals surface area contributed by atoms with Crippen LogP contribution in [0.2, 0.25) is 0 Å². The fraction of sp³-hybridized carbons (Fsp3) is 0.679. The summed E-state index contributed by atoms with van der Waals surface area (Å²) in [5, 5.41) is 57.3. The maximum Gasteiger partial charge on any atom is 0.306 e. The second-order valence-corrected chi connectivity index (χ2v) is 24.9. The number of hydrogen-bond acceptors (Lipinski definition) is 10. The van der Waals surface area contributed by atoms with Gasteiger partial charge in [0.2, 0.25) is 5.91 Å². The first-order valence-electron chi connectivity index (χ1n) is 37.1. The molecule has 1 aliphatic heterocycles. The Morgan fingerprint density at radius 3 is 1.17 bits per heavy atom. The van der Waals surface area contributed by atoms with Crippen LogP contribution < -0.4 is 5.32 Å². The maximum atomic E-state index is 13.5. The predicted octanol–water partition coefficient (Wildman–Crippen LogP) is 19.7. The minimum absolute atomic E-state index is 0.110. The minimum Gasteiger partial charge on any atom is -0.454 e. The molecule has 1 heterocycles. The van der Waals surface area contributed by atoms with E-state index in [1.165, 1.54) is 83.5 Å². The summed E-state index contributed by atoms with van der Waals surface area (Å²) >= 11 is 0. The van der Waals surface area contributed by atoms with E-state index in [1.807, 2.05) is 6.08 Å². The first-order chi connectivity index (χ1) is 45.2. The van der Waals surface area contributed by atoms with Gasteiger partial charge in [-0.15, -0.1) is 0 Å². The molecule has 92 heavy (non-hydrogen) atoms.